The molecule has 2 N–H and O–H groups in total. The number of thiophene rings is 1. The summed E-state index contributed by atoms with van der Waals surface area (Å²) in [6.07, 6.45) is 4.99. The van der Waals surface area contributed by atoms with E-state index in [1.807, 2.05) is 0 Å². The Morgan fingerprint density at radius 3 is 2.86 bits per heavy atom. The predicted molar refractivity (Wildman–Crippen MR) is 89.7 cm³/mol. The summed E-state index contributed by atoms with van der Waals surface area (Å²) >= 11 is 1.76. The van der Waals surface area contributed by atoms with Gasteiger partial charge in [-0.25, -0.2) is 0 Å². The van der Waals surface area contributed by atoms with Crippen LogP contribution in [0.5, 0.6) is 0 Å². The molecule has 1 aliphatic rings. The van der Waals surface area contributed by atoms with E-state index < -0.39 is 0 Å². The Balaban J connectivity index is 2.06. The number of carbonyl (C=O) groups excluding carboxylic acids is 1. The third kappa shape index (κ3) is 4.07. The molecule has 2 rings (SSSR count). The number of nitrogens with zero attached hydrogens (tertiary/aromatic N) is 1. The quantitative estimate of drug-likeness (QED) is 0.907. The van der Waals surface area contributed by atoms with Crippen molar-refractivity contribution in [3.63, 3.8) is 0 Å². The first-order valence-electron chi connectivity index (χ1n) is 8.08. The maximum Gasteiger partial charge on any atom is 0.228 e. The maximum atomic E-state index is 12.7. The van der Waals surface area contributed by atoms with E-state index in [1.165, 1.54) is 21.7 Å². The second kappa shape index (κ2) is 7.41. The highest BCUT2D eigenvalue weighted by Crippen LogP contribution is 2.28. The average Bonchev–Trinajstić information content (AvgIpc) is 2.75. The molecule has 1 fully saturated rings. The van der Waals surface area contributed by atoms with Gasteiger partial charge in [0, 0.05) is 22.3 Å². The Morgan fingerprint density at radius 2 is 2.24 bits per heavy atom. The summed E-state index contributed by atoms with van der Waals surface area (Å²) in [4.78, 5) is 17.4. The summed E-state index contributed by atoms with van der Waals surface area (Å²) in [6, 6.07) is 2.56. The van der Waals surface area contributed by atoms with Gasteiger partial charge in [0.05, 0.1) is 6.42 Å². The number of likely N-dealkylation sites (tertiary alicyclic amines) is 1. The molecule has 0 aliphatic carbocycles. The van der Waals surface area contributed by atoms with E-state index in [0.717, 1.165) is 25.8 Å². The van der Waals surface area contributed by atoms with Crippen LogP contribution in [0.4, 0.5) is 0 Å². The highest BCUT2D eigenvalue weighted by atomic mass is 32.1. The molecule has 2 unspecified atom stereocenters. The zero-order valence-corrected chi connectivity index (χ0v) is 14.3. The molecule has 1 aliphatic heterocycles. The first kappa shape index (κ1) is 16.5. The molecule has 1 aromatic heterocycles. The van der Waals surface area contributed by atoms with E-state index in [1.54, 1.807) is 11.3 Å². The fraction of sp³-hybridized carbons (Fsp3) is 0.706. The molecule has 4 heteroatoms. The molecule has 0 aromatic carbocycles. The molecule has 2 atom stereocenters. The summed E-state index contributed by atoms with van der Waals surface area (Å²) in [5.74, 6) is 0.897. The van der Waals surface area contributed by atoms with Crippen LogP contribution in [0, 0.1) is 19.8 Å². The zero-order chi connectivity index (χ0) is 15.4. The summed E-state index contributed by atoms with van der Waals surface area (Å²) in [6.45, 7) is 8.13. The first-order valence-corrected chi connectivity index (χ1v) is 8.90. The van der Waals surface area contributed by atoms with Crippen molar-refractivity contribution < 1.29 is 4.79 Å². The highest BCUT2D eigenvalue weighted by Gasteiger charge is 2.31. The first-order chi connectivity index (χ1) is 10.0. The molecule has 0 bridgehead atoms. The molecule has 1 amide bonds. The zero-order valence-electron chi connectivity index (χ0n) is 13.5. The van der Waals surface area contributed by atoms with E-state index in [2.05, 4.69) is 31.7 Å². The standard InChI is InChI=1S/C17H28N2OS/c1-12-6-5-9-19(15(12)7-4-8-18)17(20)11-16-13(2)10-14(3)21-16/h10,12,15H,4-9,11,18H2,1-3H3. The SMILES string of the molecule is Cc1cc(C)c(CC(=O)N2CCCC(C)C2CCCN)s1. The number of amides is 1. The molecular formula is C17H28N2OS. The monoisotopic (exact) mass is 308 g/mol. The molecular weight excluding hydrogens is 280 g/mol. The van der Waals surface area contributed by atoms with Crippen LogP contribution in [0.3, 0.4) is 0 Å². The Kier molecular flexibility index (Phi) is 5.82. The van der Waals surface area contributed by atoms with Gasteiger partial charge in [-0.05, 0) is 63.6 Å². The third-order valence-electron chi connectivity index (χ3n) is 4.60. The maximum absolute atomic E-state index is 12.7. The van der Waals surface area contributed by atoms with Crippen LogP contribution >= 0.6 is 11.3 Å². The molecule has 118 valence electrons. The minimum Gasteiger partial charge on any atom is -0.339 e. The van der Waals surface area contributed by atoms with E-state index in [9.17, 15) is 4.79 Å². The van der Waals surface area contributed by atoms with Crippen molar-refractivity contribution in [1.82, 2.24) is 4.90 Å². The van der Waals surface area contributed by atoms with Gasteiger partial charge in [-0.2, -0.15) is 0 Å². The molecule has 0 radical (unpaired) electrons. The number of hydrogen-bond donors (Lipinski definition) is 1. The molecule has 21 heavy (non-hydrogen) atoms. The van der Waals surface area contributed by atoms with Gasteiger partial charge in [0.2, 0.25) is 5.91 Å². The third-order valence-corrected chi connectivity index (χ3v) is 5.75. The predicted octanol–water partition coefficient (Wildman–Crippen LogP) is 3.27. The van der Waals surface area contributed by atoms with Crippen LogP contribution in [0.15, 0.2) is 6.07 Å². The molecule has 3 nitrogen and oxygen atoms in total. The molecule has 0 saturated carbocycles. The van der Waals surface area contributed by atoms with Gasteiger partial charge in [-0.1, -0.05) is 6.92 Å². The van der Waals surface area contributed by atoms with Crippen molar-refractivity contribution in [1.29, 1.82) is 0 Å². The number of aryl methyl sites for hydroxylation is 2. The fourth-order valence-corrected chi connectivity index (χ4v) is 4.47. The van der Waals surface area contributed by atoms with Crippen molar-refractivity contribution in [3.8, 4) is 0 Å². The summed E-state index contributed by atoms with van der Waals surface area (Å²) in [5, 5.41) is 0. The van der Waals surface area contributed by atoms with Crippen molar-refractivity contribution >= 4 is 17.2 Å². The minimum absolute atomic E-state index is 0.300. The summed E-state index contributed by atoms with van der Waals surface area (Å²) < 4.78 is 0. The number of nitrogens with two attached hydrogens (primary N) is 1. The molecule has 0 spiro atoms. The van der Waals surface area contributed by atoms with Crippen LogP contribution in [-0.2, 0) is 11.2 Å². The second-order valence-electron chi connectivity index (χ2n) is 6.34. The highest BCUT2D eigenvalue weighted by molar-refractivity contribution is 7.12. The van der Waals surface area contributed by atoms with Crippen molar-refractivity contribution in [2.24, 2.45) is 11.7 Å². The van der Waals surface area contributed by atoms with Crippen molar-refractivity contribution in [3.05, 3.63) is 21.4 Å². The van der Waals surface area contributed by atoms with E-state index >= 15 is 0 Å². The number of rotatable bonds is 5. The normalized spacial score (nSPS) is 22.6. The largest absolute Gasteiger partial charge is 0.339 e. The lowest BCUT2D eigenvalue weighted by Crippen LogP contribution is -2.48. The average molecular weight is 308 g/mol. The van der Waals surface area contributed by atoms with Gasteiger partial charge in [0.1, 0.15) is 0 Å². The summed E-state index contributed by atoms with van der Waals surface area (Å²) in [7, 11) is 0. The van der Waals surface area contributed by atoms with Crippen LogP contribution in [0.25, 0.3) is 0 Å². The van der Waals surface area contributed by atoms with Gasteiger partial charge >= 0.3 is 0 Å². The Bertz CT molecular complexity index is 483. The number of hydrogen-bond acceptors (Lipinski definition) is 3. The Morgan fingerprint density at radius 1 is 1.48 bits per heavy atom. The number of piperidine rings is 1. The second-order valence-corrected chi connectivity index (χ2v) is 7.69. The van der Waals surface area contributed by atoms with Crippen LogP contribution in [0.1, 0.15) is 47.9 Å². The van der Waals surface area contributed by atoms with Gasteiger partial charge in [0.25, 0.3) is 0 Å². The minimum atomic E-state index is 0.300. The Labute approximate surface area is 132 Å². The van der Waals surface area contributed by atoms with Gasteiger partial charge in [-0.15, -0.1) is 11.3 Å². The topological polar surface area (TPSA) is 46.3 Å². The molecule has 1 aromatic rings. The van der Waals surface area contributed by atoms with Gasteiger partial charge < -0.3 is 10.6 Å². The lowest BCUT2D eigenvalue weighted by atomic mass is 9.87. The smallest absolute Gasteiger partial charge is 0.228 e. The van der Waals surface area contributed by atoms with E-state index in [0.29, 0.717) is 30.8 Å². The number of carbonyl (C=O) groups is 1. The lowest BCUT2D eigenvalue weighted by Gasteiger charge is -2.40. The Hall–Kier alpha value is -0.870. The fourth-order valence-electron chi connectivity index (χ4n) is 3.43. The molecule has 1 saturated heterocycles. The molecule has 2 heterocycles. The van der Waals surface area contributed by atoms with Crippen LogP contribution in [0.2, 0.25) is 0 Å². The lowest BCUT2D eigenvalue weighted by molar-refractivity contribution is -0.135. The summed E-state index contributed by atoms with van der Waals surface area (Å²) in [5.41, 5.74) is 6.92. The van der Waals surface area contributed by atoms with E-state index in [4.69, 9.17) is 5.73 Å². The van der Waals surface area contributed by atoms with E-state index in [-0.39, 0.29) is 0 Å². The van der Waals surface area contributed by atoms with Crippen LogP contribution < -0.4 is 5.73 Å². The van der Waals surface area contributed by atoms with Gasteiger partial charge in [-0.3, -0.25) is 4.79 Å². The van der Waals surface area contributed by atoms with Crippen LogP contribution in [-0.4, -0.2) is 29.9 Å². The van der Waals surface area contributed by atoms with Crippen molar-refractivity contribution in [2.45, 2.75) is 58.9 Å². The van der Waals surface area contributed by atoms with Gasteiger partial charge in [0.15, 0.2) is 0 Å². The van der Waals surface area contributed by atoms with Crippen molar-refractivity contribution in [2.75, 3.05) is 13.1 Å².